The molecule has 0 heterocycles. The zero-order valence-electron chi connectivity index (χ0n) is 11.3. The van der Waals surface area contributed by atoms with Crippen LogP contribution in [0.2, 0.25) is 0 Å². The molecule has 0 aromatic heterocycles. The minimum Gasteiger partial charge on any atom is -0.380 e. The van der Waals surface area contributed by atoms with Gasteiger partial charge >= 0.3 is 0 Å². The predicted octanol–water partition coefficient (Wildman–Crippen LogP) is 3.22. The highest BCUT2D eigenvalue weighted by Crippen LogP contribution is 2.30. The lowest BCUT2D eigenvalue weighted by Crippen LogP contribution is -2.42. The molecule has 0 aliphatic heterocycles. The Morgan fingerprint density at radius 1 is 1.31 bits per heavy atom. The monoisotopic (exact) mass is 227 g/mol. The summed E-state index contributed by atoms with van der Waals surface area (Å²) in [6, 6.07) is 0.586. The van der Waals surface area contributed by atoms with Crippen LogP contribution in [-0.2, 0) is 4.74 Å². The van der Waals surface area contributed by atoms with Crippen molar-refractivity contribution in [1.29, 1.82) is 0 Å². The Bertz CT molecular complexity index is 164. The fourth-order valence-electron chi connectivity index (χ4n) is 2.78. The van der Waals surface area contributed by atoms with E-state index in [9.17, 15) is 0 Å². The molecule has 3 atom stereocenters. The Hall–Kier alpha value is -0.0800. The molecule has 2 nitrogen and oxygen atoms in total. The maximum atomic E-state index is 5.62. The van der Waals surface area contributed by atoms with Gasteiger partial charge in [-0.1, -0.05) is 26.7 Å². The molecule has 1 N–H and O–H groups in total. The first kappa shape index (κ1) is 14.0. The van der Waals surface area contributed by atoms with Crippen LogP contribution in [0.4, 0.5) is 0 Å². The molecule has 0 spiro atoms. The predicted molar refractivity (Wildman–Crippen MR) is 69.7 cm³/mol. The smallest absolute Gasteiger partial charge is 0.0622 e. The molecule has 2 heteroatoms. The summed E-state index contributed by atoms with van der Waals surface area (Å²) in [7, 11) is 0. The first-order valence-electron chi connectivity index (χ1n) is 7.09. The largest absolute Gasteiger partial charge is 0.380 e. The third kappa shape index (κ3) is 4.84. The summed E-state index contributed by atoms with van der Waals surface area (Å²) in [5.41, 5.74) is 0. The molecule has 0 bridgehead atoms. The molecule has 16 heavy (non-hydrogen) atoms. The van der Waals surface area contributed by atoms with Crippen LogP contribution in [0.15, 0.2) is 0 Å². The highest BCUT2D eigenvalue weighted by molar-refractivity contribution is 4.81. The van der Waals surface area contributed by atoms with Crippen molar-refractivity contribution in [3.8, 4) is 0 Å². The van der Waals surface area contributed by atoms with E-state index < -0.39 is 0 Å². The summed E-state index contributed by atoms with van der Waals surface area (Å²) in [4.78, 5) is 0. The minimum absolute atomic E-state index is 0.586. The van der Waals surface area contributed by atoms with Gasteiger partial charge in [0.15, 0.2) is 0 Å². The molecule has 1 aliphatic carbocycles. The van der Waals surface area contributed by atoms with Crippen molar-refractivity contribution < 1.29 is 4.74 Å². The number of rotatable bonds is 7. The molecule has 0 amide bonds. The second-order valence-corrected chi connectivity index (χ2v) is 5.25. The Labute approximate surface area is 101 Å². The fraction of sp³-hybridized carbons (Fsp3) is 1.00. The summed E-state index contributed by atoms with van der Waals surface area (Å²) < 4.78 is 5.62. The summed E-state index contributed by atoms with van der Waals surface area (Å²) in [6.45, 7) is 9.57. The molecule has 1 aliphatic rings. The zero-order valence-corrected chi connectivity index (χ0v) is 11.3. The maximum absolute atomic E-state index is 5.62. The van der Waals surface area contributed by atoms with Crippen LogP contribution >= 0.6 is 0 Å². The average molecular weight is 227 g/mol. The van der Waals surface area contributed by atoms with Gasteiger partial charge in [0.05, 0.1) is 6.61 Å². The molecule has 3 unspecified atom stereocenters. The van der Waals surface area contributed by atoms with Crippen molar-refractivity contribution in [1.82, 2.24) is 5.32 Å². The maximum Gasteiger partial charge on any atom is 0.0622 e. The van der Waals surface area contributed by atoms with Crippen molar-refractivity contribution in [2.75, 3.05) is 19.8 Å². The SMILES string of the molecule is CCCNC(COCC)C1CCCC(C)C1. The van der Waals surface area contributed by atoms with Crippen molar-refractivity contribution in [3.05, 3.63) is 0 Å². The number of ether oxygens (including phenoxy) is 1. The van der Waals surface area contributed by atoms with E-state index in [0.717, 1.165) is 31.6 Å². The first-order chi connectivity index (χ1) is 7.77. The Balaban J connectivity index is 2.38. The topological polar surface area (TPSA) is 21.3 Å². The Kier molecular flexibility index (Phi) is 7.06. The first-order valence-corrected chi connectivity index (χ1v) is 7.09. The van der Waals surface area contributed by atoms with E-state index in [4.69, 9.17) is 4.74 Å². The van der Waals surface area contributed by atoms with Gasteiger partial charge in [-0.15, -0.1) is 0 Å². The number of hydrogen-bond acceptors (Lipinski definition) is 2. The van der Waals surface area contributed by atoms with E-state index in [1.807, 2.05) is 0 Å². The minimum atomic E-state index is 0.586. The second kappa shape index (κ2) is 8.08. The summed E-state index contributed by atoms with van der Waals surface area (Å²) >= 11 is 0. The van der Waals surface area contributed by atoms with Crippen molar-refractivity contribution >= 4 is 0 Å². The molecule has 96 valence electrons. The van der Waals surface area contributed by atoms with Crippen LogP contribution in [0.5, 0.6) is 0 Å². The molecule has 1 rings (SSSR count). The average Bonchev–Trinajstić information content (AvgIpc) is 2.29. The van der Waals surface area contributed by atoms with Gasteiger partial charge in [0.2, 0.25) is 0 Å². The van der Waals surface area contributed by atoms with Crippen LogP contribution in [-0.4, -0.2) is 25.8 Å². The summed E-state index contributed by atoms with van der Waals surface area (Å²) in [5, 5.41) is 3.67. The van der Waals surface area contributed by atoms with Crippen LogP contribution in [0.25, 0.3) is 0 Å². The normalized spacial score (nSPS) is 27.9. The molecule has 0 radical (unpaired) electrons. The summed E-state index contributed by atoms with van der Waals surface area (Å²) in [6.07, 6.45) is 6.81. The van der Waals surface area contributed by atoms with Crippen molar-refractivity contribution in [2.24, 2.45) is 11.8 Å². The second-order valence-electron chi connectivity index (χ2n) is 5.25. The Morgan fingerprint density at radius 3 is 2.75 bits per heavy atom. The lowest BCUT2D eigenvalue weighted by atomic mass is 9.78. The van der Waals surface area contributed by atoms with Crippen molar-refractivity contribution in [2.45, 2.75) is 58.9 Å². The van der Waals surface area contributed by atoms with Crippen LogP contribution in [0.1, 0.15) is 52.9 Å². The van der Waals surface area contributed by atoms with E-state index in [-0.39, 0.29) is 0 Å². The lowest BCUT2D eigenvalue weighted by Gasteiger charge is -2.33. The van der Waals surface area contributed by atoms with E-state index in [0.29, 0.717) is 6.04 Å². The highest BCUT2D eigenvalue weighted by atomic mass is 16.5. The lowest BCUT2D eigenvalue weighted by molar-refractivity contribution is 0.0867. The zero-order chi connectivity index (χ0) is 11.8. The molecular formula is C14H29NO. The van der Waals surface area contributed by atoms with Gasteiger partial charge in [-0.05, 0) is 44.6 Å². The quantitative estimate of drug-likeness (QED) is 0.721. The van der Waals surface area contributed by atoms with Gasteiger partial charge in [-0.3, -0.25) is 0 Å². The fourth-order valence-corrected chi connectivity index (χ4v) is 2.78. The van der Waals surface area contributed by atoms with Crippen LogP contribution in [0, 0.1) is 11.8 Å². The van der Waals surface area contributed by atoms with Crippen molar-refractivity contribution in [3.63, 3.8) is 0 Å². The van der Waals surface area contributed by atoms with Gasteiger partial charge in [0.25, 0.3) is 0 Å². The van der Waals surface area contributed by atoms with E-state index in [2.05, 4.69) is 26.1 Å². The van der Waals surface area contributed by atoms with E-state index >= 15 is 0 Å². The highest BCUT2D eigenvalue weighted by Gasteiger charge is 2.26. The number of hydrogen-bond donors (Lipinski definition) is 1. The molecule has 1 saturated carbocycles. The molecule has 1 fully saturated rings. The van der Waals surface area contributed by atoms with E-state index in [1.54, 1.807) is 0 Å². The standard InChI is InChI=1S/C14H29NO/c1-4-9-15-14(11-16-5-2)13-8-6-7-12(3)10-13/h12-15H,4-11H2,1-3H3. The third-order valence-corrected chi connectivity index (χ3v) is 3.70. The van der Waals surface area contributed by atoms with Gasteiger partial charge in [0.1, 0.15) is 0 Å². The van der Waals surface area contributed by atoms with Gasteiger partial charge in [-0.2, -0.15) is 0 Å². The van der Waals surface area contributed by atoms with E-state index in [1.165, 1.54) is 32.1 Å². The molecule has 0 aromatic rings. The Morgan fingerprint density at radius 2 is 2.12 bits per heavy atom. The van der Waals surface area contributed by atoms with Gasteiger partial charge in [-0.25, -0.2) is 0 Å². The van der Waals surface area contributed by atoms with Gasteiger partial charge in [0, 0.05) is 12.6 Å². The molecular weight excluding hydrogens is 198 g/mol. The summed E-state index contributed by atoms with van der Waals surface area (Å²) in [5.74, 6) is 1.74. The van der Waals surface area contributed by atoms with Gasteiger partial charge < -0.3 is 10.1 Å². The third-order valence-electron chi connectivity index (χ3n) is 3.70. The van der Waals surface area contributed by atoms with Crippen LogP contribution in [0.3, 0.4) is 0 Å². The molecule has 0 saturated heterocycles. The number of nitrogens with one attached hydrogen (secondary N) is 1. The molecule has 0 aromatic carbocycles. The van der Waals surface area contributed by atoms with Crippen LogP contribution < -0.4 is 5.32 Å².